The fourth-order valence-corrected chi connectivity index (χ4v) is 3.35. The van der Waals surface area contributed by atoms with Crippen LogP contribution < -0.4 is 0 Å². The number of β-amino-alcohol motifs (C(OH)–C–C–N with tert-alkyl or cyclic N) is 1. The molecule has 0 bridgehead atoms. The number of aliphatic hydroxyl groups excluding tert-OH is 1. The van der Waals surface area contributed by atoms with Gasteiger partial charge in [0.1, 0.15) is 0 Å². The van der Waals surface area contributed by atoms with Gasteiger partial charge in [0.15, 0.2) is 5.79 Å². The summed E-state index contributed by atoms with van der Waals surface area (Å²) in [4.78, 5) is 16.3. The number of likely N-dealkylation sites (tertiary alicyclic amines) is 2. The Labute approximate surface area is 119 Å². The SMILES string of the molecule is O=C(CN1CCCC(O)C1)N1CCC2(CC1)OCCO2. The minimum atomic E-state index is -0.419. The van der Waals surface area contributed by atoms with Crippen molar-refractivity contribution >= 4 is 5.91 Å². The minimum Gasteiger partial charge on any atom is -0.392 e. The molecule has 0 aromatic rings. The topological polar surface area (TPSA) is 62.2 Å². The Balaban J connectivity index is 1.46. The number of hydrogen-bond acceptors (Lipinski definition) is 5. The van der Waals surface area contributed by atoms with Crippen LogP contribution in [-0.4, -0.2) is 78.6 Å². The lowest BCUT2D eigenvalue weighted by molar-refractivity contribution is -0.187. The molecule has 3 heterocycles. The third-order valence-electron chi connectivity index (χ3n) is 4.53. The van der Waals surface area contributed by atoms with Gasteiger partial charge in [-0.15, -0.1) is 0 Å². The molecule has 20 heavy (non-hydrogen) atoms. The van der Waals surface area contributed by atoms with Crippen LogP contribution in [0.2, 0.25) is 0 Å². The summed E-state index contributed by atoms with van der Waals surface area (Å²) in [5, 5.41) is 9.64. The van der Waals surface area contributed by atoms with Crippen LogP contribution in [0.5, 0.6) is 0 Å². The Hall–Kier alpha value is -0.690. The molecule has 3 aliphatic heterocycles. The number of piperidine rings is 2. The van der Waals surface area contributed by atoms with E-state index >= 15 is 0 Å². The maximum Gasteiger partial charge on any atom is 0.236 e. The highest BCUT2D eigenvalue weighted by Crippen LogP contribution is 2.31. The molecule has 3 saturated heterocycles. The normalized spacial score (nSPS) is 30.9. The summed E-state index contributed by atoms with van der Waals surface area (Å²) in [7, 11) is 0. The fraction of sp³-hybridized carbons (Fsp3) is 0.929. The van der Waals surface area contributed by atoms with Gasteiger partial charge in [-0.2, -0.15) is 0 Å². The van der Waals surface area contributed by atoms with Crippen LogP contribution in [0.25, 0.3) is 0 Å². The molecule has 3 rings (SSSR count). The predicted molar refractivity (Wildman–Crippen MR) is 72.1 cm³/mol. The Morgan fingerprint density at radius 3 is 2.55 bits per heavy atom. The van der Waals surface area contributed by atoms with Crippen molar-refractivity contribution in [2.75, 3.05) is 45.9 Å². The Morgan fingerprint density at radius 2 is 1.90 bits per heavy atom. The largest absolute Gasteiger partial charge is 0.392 e. The minimum absolute atomic E-state index is 0.159. The van der Waals surface area contributed by atoms with Crippen molar-refractivity contribution in [1.29, 1.82) is 0 Å². The van der Waals surface area contributed by atoms with Gasteiger partial charge < -0.3 is 19.5 Å². The van der Waals surface area contributed by atoms with Crippen LogP contribution in [0.1, 0.15) is 25.7 Å². The van der Waals surface area contributed by atoms with Crippen LogP contribution in [0.3, 0.4) is 0 Å². The van der Waals surface area contributed by atoms with Gasteiger partial charge in [0.2, 0.25) is 5.91 Å². The van der Waals surface area contributed by atoms with E-state index in [9.17, 15) is 9.90 Å². The molecule has 0 aliphatic carbocycles. The van der Waals surface area contributed by atoms with E-state index in [4.69, 9.17) is 9.47 Å². The number of carbonyl (C=O) groups is 1. The van der Waals surface area contributed by atoms with Crippen molar-refractivity contribution in [2.45, 2.75) is 37.6 Å². The van der Waals surface area contributed by atoms with E-state index in [-0.39, 0.29) is 12.0 Å². The zero-order valence-corrected chi connectivity index (χ0v) is 11.9. The monoisotopic (exact) mass is 284 g/mol. The Morgan fingerprint density at radius 1 is 1.20 bits per heavy atom. The van der Waals surface area contributed by atoms with E-state index in [2.05, 4.69) is 4.90 Å². The first-order chi connectivity index (χ1) is 9.67. The van der Waals surface area contributed by atoms with E-state index in [1.54, 1.807) is 0 Å². The number of rotatable bonds is 2. The summed E-state index contributed by atoms with van der Waals surface area (Å²) in [5.74, 6) is -0.259. The molecule has 1 atom stereocenters. The lowest BCUT2D eigenvalue weighted by Crippen LogP contribution is -2.51. The lowest BCUT2D eigenvalue weighted by Gasteiger charge is -2.38. The van der Waals surface area contributed by atoms with E-state index in [1.165, 1.54) is 0 Å². The molecule has 0 saturated carbocycles. The van der Waals surface area contributed by atoms with Gasteiger partial charge in [-0.05, 0) is 19.4 Å². The maximum absolute atomic E-state index is 12.3. The van der Waals surface area contributed by atoms with Crippen molar-refractivity contribution in [3.63, 3.8) is 0 Å². The van der Waals surface area contributed by atoms with Crippen molar-refractivity contribution in [3.8, 4) is 0 Å². The second kappa shape index (κ2) is 5.97. The molecule has 1 unspecified atom stereocenters. The smallest absolute Gasteiger partial charge is 0.236 e. The highest BCUT2D eigenvalue weighted by Gasteiger charge is 2.40. The van der Waals surface area contributed by atoms with Crippen molar-refractivity contribution in [3.05, 3.63) is 0 Å². The van der Waals surface area contributed by atoms with Gasteiger partial charge in [-0.1, -0.05) is 0 Å². The van der Waals surface area contributed by atoms with Crippen LogP contribution in [-0.2, 0) is 14.3 Å². The number of hydrogen-bond donors (Lipinski definition) is 1. The summed E-state index contributed by atoms with van der Waals surface area (Å²) >= 11 is 0. The predicted octanol–water partition coefficient (Wildman–Crippen LogP) is -0.191. The molecular weight excluding hydrogens is 260 g/mol. The van der Waals surface area contributed by atoms with Gasteiger partial charge >= 0.3 is 0 Å². The summed E-state index contributed by atoms with van der Waals surface area (Å²) in [6.45, 7) is 4.69. The molecule has 1 amide bonds. The van der Waals surface area contributed by atoms with Gasteiger partial charge in [0, 0.05) is 32.5 Å². The third kappa shape index (κ3) is 3.14. The van der Waals surface area contributed by atoms with E-state index < -0.39 is 5.79 Å². The summed E-state index contributed by atoms with van der Waals surface area (Å²) in [6.07, 6.45) is 3.08. The maximum atomic E-state index is 12.3. The van der Waals surface area contributed by atoms with Crippen LogP contribution >= 0.6 is 0 Å². The van der Waals surface area contributed by atoms with Crippen molar-refractivity contribution < 1.29 is 19.4 Å². The van der Waals surface area contributed by atoms with Crippen LogP contribution in [0, 0.1) is 0 Å². The van der Waals surface area contributed by atoms with Crippen LogP contribution in [0.15, 0.2) is 0 Å². The Kier molecular flexibility index (Phi) is 4.26. The first kappa shape index (κ1) is 14.3. The lowest BCUT2D eigenvalue weighted by atomic mass is 10.0. The molecule has 1 N–H and O–H groups in total. The third-order valence-corrected chi connectivity index (χ3v) is 4.53. The summed E-state index contributed by atoms with van der Waals surface area (Å²) < 4.78 is 11.3. The quantitative estimate of drug-likeness (QED) is 0.761. The zero-order valence-electron chi connectivity index (χ0n) is 11.9. The zero-order chi connectivity index (χ0) is 14.0. The number of ether oxygens (including phenoxy) is 2. The highest BCUT2D eigenvalue weighted by molar-refractivity contribution is 5.78. The van der Waals surface area contributed by atoms with E-state index in [0.29, 0.717) is 39.4 Å². The van der Waals surface area contributed by atoms with Crippen LogP contribution in [0.4, 0.5) is 0 Å². The molecule has 6 heteroatoms. The highest BCUT2D eigenvalue weighted by atomic mass is 16.7. The number of aliphatic hydroxyl groups is 1. The summed E-state index contributed by atoms with van der Waals surface area (Å²) in [5.41, 5.74) is 0. The van der Waals surface area contributed by atoms with Gasteiger partial charge in [0.05, 0.1) is 25.9 Å². The van der Waals surface area contributed by atoms with E-state index in [0.717, 1.165) is 32.2 Å². The second-order valence-corrected chi connectivity index (χ2v) is 6.02. The van der Waals surface area contributed by atoms with Gasteiger partial charge in [0.25, 0.3) is 0 Å². The average molecular weight is 284 g/mol. The second-order valence-electron chi connectivity index (χ2n) is 6.02. The summed E-state index contributed by atoms with van der Waals surface area (Å²) in [6, 6.07) is 0. The molecule has 3 fully saturated rings. The van der Waals surface area contributed by atoms with Gasteiger partial charge in [-0.25, -0.2) is 0 Å². The number of amides is 1. The molecule has 3 aliphatic rings. The molecule has 114 valence electrons. The molecule has 0 aromatic heterocycles. The average Bonchev–Trinajstić information content (AvgIpc) is 2.88. The van der Waals surface area contributed by atoms with E-state index in [1.807, 2.05) is 4.90 Å². The standard InChI is InChI=1S/C14H24N2O4/c17-12-2-1-5-15(10-12)11-13(18)16-6-3-14(4-7-16)19-8-9-20-14/h12,17H,1-11H2. The number of carbonyl (C=O) groups excluding carboxylic acids is 1. The van der Waals surface area contributed by atoms with Crippen molar-refractivity contribution in [2.24, 2.45) is 0 Å². The van der Waals surface area contributed by atoms with Crippen molar-refractivity contribution in [1.82, 2.24) is 9.80 Å². The number of nitrogens with zero attached hydrogens (tertiary/aromatic N) is 2. The molecule has 0 radical (unpaired) electrons. The molecule has 6 nitrogen and oxygen atoms in total. The molecule has 1 spiro atoms. The first-order valence-electron chi connectivity index (χ1n) is 7.63. The first-order valence-corrected chi connectivity index (χ1v) is 7.63. The Bertz CT molecular complexity index is 347. The molecular formula is C14H24N2O4. The fourth-order valence-electron chi connectivity index (χ4n) is 3.35. The van der Waals surface area contributed by atoms with Gasteiger partial charge in [-0.3, -0.25) is 9.69 Å². The molecule has 0 aromatic carbocycles.